The topological polar surface area (TPSA) is 57.6 Å². The first kappa shape index (κ1) is 11.6. The van der Waals surface area contributed by atoms with Crippen molar-refractivity contribution in [2.75, 3.05) is 13.1 Å². The van der Waals surface area contributed by atoms with Crippen LogP contribution in [0.25, 0.3) is 0 Å². The Morgan fingerprint density at radius 3 is 2.35 bits per heavy atom. The molecule has 1 aromatic rings. The van der Waals surface area contributed by atoms with Gasteiger partial charge in [0.15, 0.2) is 0 Å². The van der Waals surface area contributed by atoms with Crippen molar-refractivity contribution in [3.8, 4) is 0 Å². The summed E-state index contributed by atoms with van der Waals surface area (Å²) in [6, 6.07) is 9.20. The van der Waals surface area contributed by atoms with Crippen LogP contribution in [0.5, 0.6) is 0 Å². The summed E-state index contributed by atoms with van der Waals surface area (Å²) >= 11 is 0. The van der Waals surface area contributed by atoms with Gasteiger partial charge in [-0.3, -0.25) is 9.59 Å². The Morgan fingerprint density at radius 1 is 1.29 bits per heavy atom. The van der Waals surface area contributed by atoms with Crippen LogP contribution in [-0.4, -0.2) is 35.0 Å². The van der Waals surface area contributed by atoms with E-state index in [4.69, 9.17) is 0 Å². The fourth-order valence-corrected chi connectivity index (χ4v) is 2.26. The third-order valence-electron chi connectivity index (χ3n) is 3.25. The van der Waals surface area contributed by atoms with Crippen LogP contribution in [0.15, 0.2) is 30.3 Å². The molecule has 1 unspecified atom stereocenters. The highest BCUT2D eigenvalue weighted by molar-refractivity contribution is 5.78. The Labute approximate surface area is 99.9 Å². The second-order valence-corrected chi connectivity index (χ2v) is 4.41. The normalized spacial score (nSPS) is 17.4. The van der Waals surface area contributed by atoms with Gasteiger partial charge in [0.1, 0.15) is 0 Å². The number of carboxylic acid groups (broad SMARTS) is 1. The van der Waals surface area contributed by atoms with Crippen molar-refractivity contribution >= 4 is 11.9 Å². The first-order chi connectivity index (χ1) is 8.09. The molecule has 0 aromatic heterocycles. The maximum Gasteiger partial charge on any atom is 0.311 e. The van der Waals surface area contributed by atoms with Crippen LogP contribution >= 0.6 is 0 Å². The number of carbonyl (C=O) groups is 2. The lowest BCUT2D eigenvalue weighted by atomic mass is 9.81. The average molecular weight is 233 g/mol. The van der Waals surface area contributed by atoms with Crippen LogP contribution in [0.4, 0.5) is 0 Å². The quantitative estimate of drug-likeness (QED) is 0.857. The monoisotopic (exact) mass is 233 g/mol. The van der Waals surface area contributed by atoms with E-state index in [2.05, 4.69) is 0 Å². The van der Waals surface area contributed by atoms with E-state index < -0.39 is 11.9 Å². The minimum Gasteiger partial charge on any atom is -0.481 e. The van der Waals surface area contributed by atoms with Gasteiger partial charge in [-0.05, 0) is 5.56 Å². The van der Waals surface area contributed by atoms with Gasteiger partial charge < -0.3 is 10.0 Å². The smallest absolute Gasteiger partial charge is 0.311 e. The lowest BCUT2D eigenvalue weighted by Crippen LogP contribution is -2.52. The molecule has 1 aliphatic heterocycles. The largest absolute Gasteiger partial charge is 0.481 e. The number of nitrogens with zero attached hydrogens (tertiary/aromatic N) is 1. The third kappa shape index (κ3) is 2.30. The molecule has 2 rings (SSSR count). The van der Waals surface area contributed by atoms with Crippen molar-refractivity contribution in [3.05, 3.63) is 35.9 Å². The van der Waals surface area contributed by atoms with E-state index in [1.807, 2.05) is 30.3 Å². The van der Waals surface area contributed by atoms with E-state index >= 15 is 0 Å². The fraction of sp³-hybridized carbons (Fsp3) is 0.385. The van der Waals surface area contributed by atoms with Gasteiger partial charge in [-0.2, -0.15) is 0 Å². The zero-order valence-corrected chi connectivity index (χ0v) is 9.67. The van der Waals surface area contributed by atoms with Gasteiger partial charge in [-0.15, -0.1) is 0 Å². The molecule has 0 saturated carbocycles. The van der Waals surface area contributed by atoms with Crippen LogP contribution in [0.2, 0.25) is 0 Å². The summed E-state index contributed by atoms with van der Waals surface area (Å²) < 4.78 is 0. The zero-order valence-electron chi connectivity index (χ0n) is 9.67. The van der Waals surface area contributed by atoms with Gasteiger partial charge in [-0.25, -0.2) is 0 Å². The summed E-state index contributed by atoms with van der Waals surface area (Å²) in [7, 11) is 0. The maximum absolute atomic E-state index is 11.3. The minimum absolute atomic E-state index is 0.0125. The molecule has 4 nitrogen and oxygen atoms in total. The molecule has 1 aliphatic rings. The molecule has 1 saturated heterocycles. The molecule has 0 bridgehead atoms. The van der Waals surface area contributed by atoms with Crippen LogP contribution in [-0.2, 0) is 9.59 Å². The summed E-state index contributed by atoms with van der Waals surface area (Å²) in [5.41, 5.74) is 0.813. The number of carboxylic acids is 1. The van der Waals surface area contributed by atoms with Gasteiger partial charge in [-0.1, -0.05) is 30.3 Å². The Balaban J connectivity index is 2.11. The van der Waals surface area contributed by atoms with Crippen molar-refractivity contribution in [1.29, 1.82) is 0 Å². The molecule has 1 heterocycles. The van der Waals surface area contributed by atoms with Gasteiger partial charge in [0.25, 0.3) is 0 Å². The molecule has 0 radical (unpaired) electrons. The lowest BCUT2D eigenvalue weighted by molar-refractivity contribution is -0.146. The number of hydrogen-bond acceptors (Lipinski definition) is 2. The number of hydrogen-bond donors (Lipinski definition) is 1. The van der Waals surface area contributed by atoms with E-state index in [9.17, 15) is 14.7 Å². The molecule has 1 fully saturated rings. The minimum atomic E-state index is -0.815. The molecule has 17 heavy (non-hydrogen) atoms. The van der Waals surface area contributed by atoms with Crippen molar-refractivity contribution in [2.24, 2.45) is 5.92 Å². The van der Waals surface area contributed by atoms with Gasteiger partial charge in [0.2, 0.25) is 5.91 Å². The molecule has 1 atom stereocenters. The molecule has 0 spiro atoms. The van der Waals surface area contributed by atoms with Crippen LogP contribution in [0, 0.1) is 5.92 Å². The molecular weight excluding hydrogens is 218 g/mol. The average Bonchev–Trinajstić information content (AvgIpc) is 2.22. The Morgan fingerprint density at radius 2 is 1.88 bits per heavy atom. The lowest BCUT2D eigenvalue weighted by Gasteiger charge is -2.41. The Kier molecular flexibility index (Phi) is 3.13. The predicted octanol–water partition coefficient (Wildman–Crippen LogP) is 1.33. The Bertz CT molecular complexity index is 424. The summed E-state index contributed by atoms with van der Waals surface area (Å²) in [6.07, 6.45) is 0. The molecule has 90 valence electrons. The molecule has 1 N–H and O–H groups in total. The van der Waals surface area contributed by atoms with E-state index in [-0.39, 0.29) is 11.8 Å². The van der Waals surface area contributed by atoms with Crippen molar-refractivity contribution in [1.82, 2.24) is 4.90 Å². The van der Waals surface area contributed by atoms with Gasteiger partial charge >= 0.3 is 5.97 Å². The molecule has 0 aliphatic carbocycles. The molecule has 1 amide bonds. The first-order valence-electron chi connectivity index (χ1n) is 5.63. The van der Waals surface area contributed by atoms with Crippen LogP contribution < -0.4 is 0 Å². The first-order valence-corrected chi connectivity index (χ1v) is 5.63. The number of likely N-dealkylation sites (tertiary alicyclic amines) is 1. The summed E-state index contributed by atoms with van der Waals surface area (Å²) in [4.78, 5) is 24.1. The van der Waals surface area contributed by atoms with E-state index in [0.717, 1.165) is 5.56 Å². The number of benzene rings is 1. The predicted molar refractivity (Wildman–Crippen MR) is 62.6 cm³/mol. The van der Waals surface area contributed by atoms with E-state index in [1.165, 1.54) is 6.92 Å². The second kappa shape index (κ2) is 4.57. The van der Waals surface area contributed by atoms with Crippen LogP contribution in [0.1, 0.15) is 18.4 Å². The summed E-state index contributed by atoms with van der Waals surface area (Å²) in [6.45, 7) is 2.59. The number of aliphatic carboxylic acids is 1. The van der Waals surface area contributed by atoms with Crippen LogP contribution in [0.3, 0.4) is 0 Å². The summed E-state index contributed by atoms with van der Waals surface area (Å²) in [5, 5.41) is 9.28. The third-order valence-corrected chi connectivity index (χ3v) is 3.25. The highest BCUT2D eigenvalue weighted by Gasteiger charge is 2.39. The number of carbonyl (C=O) groups excluding carboxylic acids is 1. The highest BCUT2D eigenvalue weighted by atomic mass is 16.4. The van der Waals surface area contributed by atoms with Crippen molar-refractivity contribution < 1.29 is 14.7 Å². The standard InChI is InChI=1S/C13H15NO3/c1-9(15)14-7-11(8-14)12(13(16)17)10-5-3-2-4-6-10/h2-6,11-12H,7-8H2,1H3,(H,16,17). The summed E-state index contributed by atoms with van der Waals surface area (Å²) in [5.74, 6) is -1.28. The molecule has 1 aromatic carbocycles. The van der Waals surface area contributed by atoms with E-state index in [1.54, 1.807) is 4.90 Å². The molecular formula is C13H15NO3. The maximum atomic E-state index is 11.3. The number of amides is 1. The van der Waals surface area contributed by atoms with Gasteiger partial charge in [0.05, 0.1) is 5.92 Å². The Hall–Kier alpha value is -1.84. The fourth-order valence-electron chi connectivity index (χ4n) is 2.26. The van der Waals surface area contributed by atoms with E-state index in [0.29, 0.717) is 13.1 Å². The van der Waals surface area contributed by atoms with Crippen molar-refractivity contribution in [2.45, 2.75) is 12.8 Å². The SMILES string of the molecule is CC(=O)N1CC(C(C(=O)O)c2ccccc2)C1. The van der Waals surface area contributed by atoms with Crippen molar-refractivity contribution in [3.63, 3.8) is 0 Å². The second-order valence-electron chi connectivity index (χ2n) is 4.41. The number of rotatable bonds is 3. The van der Waals surface area contributed by atoms with Gasteiger partial charge in [0, 0.05) is 25.9 Å². The highest BCUT2D eigenvalue weighted by Crippen LogP contribution is 2.32. The molecule has 4 heteroatoms. The zero-order chi connectivity index (χ0) is 12.4.